The van der Waals surface area contributed by atoms with Crippen molar-refractivity contribution < 1.29 is 9.13 Å². The van der Waals surface area contributed by atoms with E-state index >= 15 is 0 Å². The van der Waals surface area contributed by atoms with Gasteiger partial charge in [0.15, 0.2) is 5.96 Å². The van der Waals surface area contributed by atoms with E-state index in [2.05, 4.69) is 24.2 Å². The molecule has 0 bridgehead atoms. The molecule has 0 aromatic heterocycles. The van der Waals surface area contributed by atoms with E-state index in [1.807, 2.05) is 12.1 Å². The molecule has 27 heavy (non-hydrogen) atoms. The fourth-order valence-electron chi connectivity index (χ4n) is 3.71. The first-order chi connectivity index (χ1) is 12.6. The quantitative estimate of drug-likeness (QED) is 0.355. The monoisotopic (exact) mass is 489 g/mol. The van der Waals surface area contributed by atoms with Crippen molar-refractivity contribution in [3.63, 3.8) is 0 Å². The van der Waals surface area contributed by atoms with Crippen LogP contribution in [0.2, 0.25) is 0 Å². The van der Waals surface area contributed by atoms with Crippen LogP contribution in [0.3, 0.4) is 0 Å². The summed E-state index contributed by atoms with van der Waals surface area (Å²) in [5, 5.41) is 3.42. The fraction of sp³-hybridized carbons (Fsp3) is 0.667. The van der Waals surface area contributed by atoms with Crippen LogP contribution >= 0.6 is 24.0 Å². The van der Waals surface area contributed by atoms with E-state index in [9.17, 15) is 4.39 Å². The second kappa shape index (κ2) is 10.6. The minimum atomic E-state index is -0.172. The highest BCUT2D eigenvalue weighted by Gasteiger charge is 2.44. The molecule has 2 aliphatic rings. The van der Waals surface area contributed by atoms with Gasteiger partial charge < -0.3 is 15.0 Å². The Morgan fingerprint density at radius 3 is 2.52 bits per heavy atom. The first-order valence-corrected chi connectivity index (χ1v) is 9.96. The maximum atomic E-state index is 13.2. The van der Waals surface area contributed by atoms with Crippen molar-refractivity contribution in [3.05, 3.63) is 35.6 Å². The second-order valence-corrected chi connectivity index (χ2v) is 7.72. The molecular formula is C21H33FIN3O. The van der Waals surface area contributed by atoms with Gasteiger partial charge in [-0.15, -0.1) is 24.0 Å². The molecule has 2 fully saturated rings. The van der Waals surface area contributed by atoms with Crippen LogP contribution in [0.5, 0.6) is 0 Å². The minimum absolute atomic E-state index is 0. The van der Waals surface area contributed by atoms with Gasteiger partial charge in [0, 0.05) is 38.8 Å². The molecule has 0 amide bonds. The summed E-state index contributed by atoms with van der Waals surface area (Å²) in [6.07, 6.45) is 5.80. The minimum Gasteiger partial charge on any atom is -0.381 e. The highest BCUT2D eigenvalue weighted by molar-refractivity contribution is 14.0. The molecule has 1 saturated carbocycles. The van der Waals surface area contributed by atoms with Gasteiger partial charge in [0.2, 0.25) is 0 Å². The van der Waals surface area contributed by atoms with Gasteiger partial charge in [-0.3, -0.25) is 4.99 Å². The Bertz CT molecular complexity index is 598. The lowest BCUT2D eigenvalue weighted by Gasteiger charge is -2.27. The maximum absolute atomic E-state index is 13.2. The summed E-state index contributed by atoms with van der Waals surface area (Å²) in [5.74, 6) is 1.57. The SMILES string of the molecule is CCNC(=NCC1(c2ccc(F)cc2)CC1)N(C)CCC1CCOCC1.I. The molecule has 3 rings (SSSR count). The molecule has 0 radical (unpaired) electrons. The van der Waals surface area contributed by atoms with Gasteiger partial charge in [0.05, 0.1) is 6.54 Å². The summed E-state index contributed by atoms with van der Waals surface area (Å²) in [5.41, 5.74) is 1.32. The topological polar surface area (TPSA) is 36.9 Å². The van der Waals surface area contributed by atoms with Crippen LogP contribution in [-0.4, -0.2) is 50.8 Å². The Balaban J connectivity index is 0.00000261. The molecule has 1 aliphatic carbocycles. The predicted molar refractivity (Wildman–Crippen MR) is 119 cm³/mol. The molecule has 0 spiro atoms. The van der Waals surface area contributed by atoms with Gasteiger partial charge in [-0.25, -0.2) is 4.39 Å². The Kier molecular flexibility index (Phi) is 8.79. The first kappa shape index (κ1) is 22.4. The molecule has 4 nitrogen and oxygen atoms in total. The van der Waals surface area contributed by atoms with Crippen LogP contribution in [0.25, 0.3) is 0 Å². The smallest absolute Gasteiger partial charge is 0.193 e. The molecule has 0 atom stereocenters. The van der Waals surface area contributed by atoms with E-state index in [4.69, 9.17) is 9.73 Å². The third-order valence-electron chi connectivity index (χ3n) is 5.75. The van der Waals surface area contributed by atoms with Crippen LogP contribution in [0, 0.1) is 11.7 Å². The molecule has 1 N–H and O–H groups in total. The van der Waals surface area contributed by atoms with Crippen LogP contribution in [0.4, 0.5) is 4.39 Å². The number of nitrogens with zero attached hydrogens (tertiary/aromatic N) is 2. The summed E-state index contributed by atoms with van der Waals surface area (Å²) in [6.45, 7) is 6.56. The van der Waals surface area contributed by atoms with Crippen molar-refractivity contribution >= 4 is 29.9 Å². The standard InChI is InChI=1S/C21H32FN3O.HI/c1-3-23-20(25(2)13-8-17-9-14-26-15-10-17)24-16-21(11-12-21)18-4-6-19(22)7-5-18;/h4-7,17H,3,8-16H2,1-2H3,(H,23,24);1H. The number of hydrogen-bond donors (Lipinski definition) is 1. The summed E-state index contributed by atoms with van der Waals surface area (Å²) >= 11 is 0. The number of hydrogen-bond acceptors (Lipinski definition) is 2. The van der Waals surface area contributed by atoms with Crippen molar-refractivity contribution in [1.29, 1.82) is 0 Å². The molecule has 1 aromatic carbocycles. The lowest BCUT2D eigenvalue weighted by molar-refractivity contribution is 0.0625. The second-order valence-electron chi connectivity index (χ2n) is 7.72. The third kappa shape index (κ3) is 6.31. The zero-order chi connectivity index (χ0) is 18.4. The van der Waals surface area contributed by atoms with E-state index in [-0.39, 0.29) is 35.2 Å². The van der Waals surface area contributed by atoms with Crippen molar-refractivity contribution in [2.45, 2.75) is 44.4 Å². The third-order valence-corrected chi connectivity index (χ3v) is 5.75. The van der Waals surface area contributed by atoms with Gasteiger partial charge in [-0.05, 0) is 62.6 Å². The Hall–Kier alpha value is -0.890. The molecular weight excluding hydrogens is 456 g/mol. The van der Waals surface area contributed by atoms with Crippen molar-refractivity contribution in [3.8, 4) is 0 Å². The van der Waals surface area contributed by atoms with Crippen LogP contribution in [-0.2, 0) is 10.2 Å². The van der Waals surface area contributed by atoms with E-state index in [0.717, 1.165) is 57.6 Å². The number of ether oxygens (including phenoxy) is 1. The Labute approximate surface area is 180 Å². The molecule has 1 heterocycles. The van der Waals surface area contributed by atoms with Crippen molar-refractivity contribution in [2.75, 3.05) is 39.9 Å². The largest absolute Gasteiger partial charge is 0.381 e. The van der Waals surface area contributed by atoms with Gasteiger partial charge in [-0.2, -0.15) is 0 Å². The molecule has 1 aromatic rings. The molecule has 0 unspecified atom stereocenters. The fourth-order valence-corrected chi connectivity index (χ4v) is 3.71. The van der Waals surface area contributed by atoms with Crippen molar-refractivity contribution in [1.82, 2.24) is 10.2 Å². The predicted octanol–water partition coefficient (Wildman–Crippen LogP) is 4.19. The number of aliphatic imine (C=N–C) groups is 1. The van der Waals surface area contributed by atoms with E-state index in [0.29, 0.717) is 0 Å². The first-order valence-electron chi connectivity index (χ1n) is 9.96. The Morgan fingerprint density at radius 1 is 1.26 bits per heavy atom. The van der Waals surface area contributed by atoms with Crippen LogP contribution in [0.15, 0.2) is 29.3 Å². The zero-order valence-electron chi connectivity index (χ0n) is 16.5. The van der Waals surface area contributed by atoms with E-state index < -0.39 is 0 Å². The highest BCUT2D eigenvalue weighted by atomic mass is 127. The summed E-state index contributed by atoms with van der Waals surface area (Å²) < 4.78 is 18.7. The van der Waals surface area contributed by atoms with Gasteiger partial charge in [0.25, 0.3) is 0 Å². The zero-order valence-corrected chi connectivity index (χ0v) is 18.9. The number of rotatable bonds is 7. The van der Waals surface area contributed by atoms with Crippen molar-refractivity contribution in [2.24, 2.45) is 10.9 Å². The van der Waals surface area contributed by atoms with E-state index in [1.54, 1.807) is 12.1 Å². The Morgan fingerprint density at radius 2 is 1.93 bits per heavy atom. The molecule has 152 valence electrons. The summed E-state index contributed by atoms with van der Waals surface area (Å²) in [4.78, 5) is 7.17. The van der Waals surface area contributed by atoms with Gasteiger partial charge in [0.1, 0.15) is 5.82 Å². The van der Waals surface area contributed by atoms with Gasteiger partial charge >= 0.3 is 0 Å². The normalized spacial score (nSPS) is 19.3. The molecule has 6 heteroatoms. The van der Waals surface area contributed by atoms with Crippen LogP contribution in [0.1, 0.15) is 44.6 Å². The number of halogens is 2. The lowest BCUT2D eigenvalue weighted by atomic mass is 9.96. The van der Waals surface area contributed by atoms with Gasteiger partial charge in [-0.1, -0.05) is 12.1 Å². The average molecular weight is 489 g/mol. The molecule has 1 aliphatic heterocycles. The van der Waals surface area contributed by atoms with E-state index in [1.165, 1.54) is 24.8 Å². The number of nitrogens with one attached hydrogen (secondary N) is 1. The molecule has 1 saturated heterocycles. The van der Waals surface area contributed by atoms with Crippen LogP contribution < -0.4 is 5.32 Å². The summed E-state index contributed by atoms with van der Waals surface area (Å²) in [7, 11) is 2.12. The number of benzene rings is 1. The summed E-state index contributed by atoms with van der Waals surface area (Å²) in [6, 6.07) is 6.95. The lowest BCUT2D eigenvalue weighted by Crippen LogP contribution is -2.40. The number of guanidine groups is 1. The highest BCUT2D eigenvalue weighted by Crippen LogP contribution is 2.48. The average Bonchev–Trinajstić information content (AvgIpc) is 3.45. The maximum Gasteiger partial charge on any atom is 0.193 e.